The molecule has 2 aromatic carbocycles. The van der Waals surface area contributed by atoms with Crippen molar-refractivity contribution in [3.63, 3.8) is 0 Å². The minimum atomic E-state index is -2.93. The second kappa shape index (κ2) is 9.78. The minimum Gasteiger partial charge on any atom is -0.330 e. The third kappa shape index (κ3) is 4.68. The fraction of sp³-hybridized carbons (Fsp3) is 0.448. The van der Waals surface area contributed by atoms with E-state index in [2.05, 4.69) is 5.32 Å². The average Bonchev–Trinajstić information content (AvgIpc) is 3.40. The number of rotatable bonds is 5. The molecule has 6 rings (SSSR count). The van der Waals surface area contributed by atoms with Crippen molar-refractivity contribution in [2.24, 2.45) is 5.92 Å². The number of likely N-dealkylation sites (tertiary alicyclic amines) is 1. The van der Waals surface area contributed by atoms with Gasteiger partial charge >= 0.3 is 11.7 Å². The second-order valence-electron chi connectivity index (χ2n) is 11.4. The van der Waals surface area contributed by atoms with Gasteiger partial charge in [-0.05, 0) is 44.4 Å². The predicted molar refractivity (Wildman–Crippen MR) is 146 cm³/mol. The molecular weight excluding hydrogens is 539 g/mol. The number of hydrogen-bond acceptors (Lipinski definition) is 4. The van der Waals surface area contributed by atoms with Crippen LogP contribution in [-0.4, -0.2) is 55.9 Å². The number of alkyl halides is 2. The zero-order valence-electron chi connectivity index (χ0n) is 22.7. The summed E-state index contributed by atoms with van der Waals surface area (Å²) < 4.78 is 44.5. The number of fused-ring (bicyclic) bond motifs is 2. The molecule has 3 aliphatic rings. The Balaban J connectivity index is 1.26. The van der Waals surface area contributed by atoms with Crippen LogP contribution >= 0.6 is 0 Å². The van der Waals surface area contributed by atoms with Crippen molar-refractivity contribution in [2.45, 2.75) is 64.2 Å². The third-order valence-corrected chi connectivity index (χ3v) is 8.35. The molecule has 2 fully saturated rings. The van der Waals surface area contributed by atoms with E-state index in [1.807, 2.05) is 18.2 Å². The Morgan fingerprint density at radius 2 is 1.88 bits per heavy atom. The predicted octanol–water partition coefficient (Wildman–Crippen LogP) is 4.19. The zero-order valence-corrected chi connectivity index (χ0v) is 22.7. The van der Waals surface area contributed by atoms with Crippen molar-refractivity contribution in [1.82, 2.24) is 18.9 Å². The van der Waals surface area contributed by atoms with Crippen LogP contribution in [0, 0.1) is 11.7 Å². The largest absolute Gasteiger partial charge is 0.331 e. The average molecular weight is 570 g/mol. The van der Waals surface area contributed by atoms with E-state index in [9.17, 15) is 28.0 Å². The van der Waals surface area contributed by atoms with E-state index in [-0.39, 0.29) is 35.1 Å². The van der Waals surface area contributed by atoms with Gasteiger partial charge in [0.1, 0.15) is 5.82 Å². The van der Waals surface area contributed by atoms with Gasteiger partial charge in [-0.1, -0.05) is 18.2 Å². The number of hydrogen-bond donors (Lipinski definition) is 1. The molecule has 0 radical (unpaired) electrons. The molecule has 1 saturated heterocycles. The first-order valence-electron chi connectivity index (χ1n) is 13.8. The monoisotopic (exact) mass is 569 g/mol. The Morgan fingerprint density at radius 1 is 1.15 bits per heavy atom. The number of nitrogens with zero attached hydrogens (tertiary/aromatic N) is 4. The Bertz CT molecular complexity index is 1700. The molecule has 12 heteroatoms. The maximum atomic E-state index is 15.3. The van der Waals surface area contributed by atoms with Crippen LogP contribution in [0.1, 0.15) is 55.1 Å². The molecule has 1 N–H and O–H groups in total. The van der Waals surface area contributed by atoms with Crippen LogP contribution in [0.2, 0.25) is 0 Å². The van der Waals surface area contributed by atoms with Crippen molar-refractivity contribution in [3.05, 3.63) is 74.2 Å². The van der Waals surface area contributed by atoms with Crippen LogP contribution in [0.4, 0.5) is 23.7 Å². The van der Waals surface area contributed by atoms with E-state index in [0.29, 0.717) is 25.1 Å². The lowest BCUT2D eigenvalue weighted by molar-refractivity contribution is 0.0607. The minimum absolute atomic E-state index is 0.0226. The number of nitrogens with one attached hydrogen (secondary N) is 1. The number of urea groups is 1. The molecule has 9 nitrogen and oxygen atoms in total. The molecule has 1 aliphatic carbocycles. The van der Waals surface area contributed by atoms with Gasteiger partial charge in [0.05, 0.1) is 22.6 Å². The highest BCUT2D eigenvalue weighted by atomic mass is 19.3. The molecule has 0 spiro atoms. The molecule has 1 aromatic heterocycles. The molecule has 0 bridgehead atoms. The van der Waals surface area contributed by atoms with Crippen LogP contribution in [0.5, 0.6) is 0 Å². The molecule has 3 aromatic rings. The van der Waals surface area contributed by atoms with Crippen LogP contribution in [0.25, 0.3) is 10.9 Å². The summed E-state index contributed by atoms with van der Waals surface area (Å²) in [5.74, 6) is -4.97. The summed E-state index contributed by atoms with van der Waals surface area (Å²) in [6.45, 7) is 4.03. The maximum absolute atomic E-state index is 15.3. The third-order valence-electron chi connectivity index (χ3n) is 8.35. The standard InChI is InChI=1S/C29H30F3N5O4/c1-16(2)37-24-11-22(30)23(10-21(24)26(39)36(28(37)41)14-18-12-29(18,31)32)33-27(40)34-9-5-7-19(15-34)35-13-17-6-3-4-8-20(17)25(35)38/h3-4,6,8,10-11,16,18-19H,5,7,9,12-15H2,1-2H3,(H,33,40)/t18-,19-/m1/s1. The molecular formula is C29H30F3N5O4. The first-order valence-corrected chi connectivity index (χ1v) is 13.8. The summed E-state index contributed by atoms with van der Waals surface area (Å²) >= 11 is 0. The number of aromatic nitrogens is 2. The van der Waals surface area contributed by atoms with E-state index >= 15 is 4.39 Å². The normalized spacial score (nSPS) is 21.5. The van der Waals surface area contributed by atoms with E-state index in [0.717, 1.165) is 28.7 Å². The SMILES string of the molecule is CC(C)n1c(=O)n(C[C@H]2CC2(F)F)c(=O)c2cc(NC(=O)N3CCC[C@@H](N4Cc5ccccc5C4=O)C3)c(F)cc21. The zero-order chi connectivity index (χ0) is 29.2. The maximum Gasteiger partial charge on any atom is 0.331 e. The van der Waals surface area contributed by atoms with Gasteiger partial charge in [-0.2, -0.15) is 0 Å². The number of benzene rings is 2. The highest BCUT2D eigenvalue weighted by Gasteiger charge is 2.57. The Morgan fingerprint density at radius 3 is 2.56 bits per heavy atom. The molecule has 1 saturated carbocycles. The number of piperidine rings is 1. The quantitative estimate of drug-likeness (QED) is 0.499. The van der Waals surface area contributed by atoms with Crippen molar-refractivity contribution in [2.75, 3.05) is 18.4 Å². The number of halogens is 3. The molecule has 2 aliphatic heterocycles. The van der Waals surface area contributed by atoms with Crippen molar-refractivity contribution in [3.8, 4) is 0 Å². The molecule has 2 atom stereocenters. The van der Waals surface area contributed by atoms with Crippen molar-refractivity contribution >= 4 is 28.5 Å². The van der Waals surface area contributed by atoms with Crippen LogP contribution in [-0.2, 0) is 13.1 Å². The Kier molecular flexibility index (Phi) is 6.46. The van der Waals surface area contributed by atoms with E-state index < -0.39 is 53.9 Å². The summed E-state index contributed by atoms with van der Waals surface area (Å²) in [6.07, 6.45) is 0.963. The smallest absolute Gasteiger partial charge is 0.330 e. The van der Waals surface area contributed by atoms with Gasteiger partial charge in [0.25, 0.3) is 17.4 Å². The van der Waals surface area contributed by atoms with Gasteiger partial charge in [-0.3, -0.25) is 18.7 Å². The summed E-state index contributed by atoms with van der Waals surface area (Å²) in [7, 11) is 0. The van der Waals surface area contributed by atoms with E-state index in [4.69, 9.17) is 0 Å². The summed E-state index contributed by atoms with van der Waals surface area (Å²) in [5.41, 5.74) is -0.242. The Hall–Kier alpha value is -4.09. The number of anilines is 1. The van der Waals surface area contributed by atoms with Gasteiger partial charge in [-0.15, -0.1) is 0 Å². The lowest BCUT2D eigenvalue weighted by Gasteiger charge is -2.37. The number of amides is 3. The lowest BCUT2D eigenvalue weighted by Crippen LogP contribution is -2.51. The molecule has 0 unspecified atom stereocenters. The summed E-state index contributed by atoms with van der Waals surface area (Å²) in [6, 6.07) is 8.29. The van der Waals surface area contributed by atoms with Crippen LogP contribution < -0.4 is 16.6 Å². The van der Waals surface area contributed by atoms with Gasteiger partial charge in [0, 0.05) is 56.2 Å². The van der Waals surface area contributed by atoms with Crippen LogP contribution in [0.15, 0.2) is 46.0 Å². The number of carbonyl (C=O) groups excluding carboxylic acids is 2. The van der Waals surface area contributed by atoms with E-state index in [1.54, 1.807) is 24.8 Å². The molecule has 41 heavy (non-hydrogen) atoms. The summed E-state index contributed by atoms with van der Waals surface area (Å²) in [5, 5.41) is 2.48. The number of carbonyl (C=O) groups is 2. The first-order chi connectivity index (χ1) is 19.5. The molecule has 216 valence electrons. The topological polar surface area (TPSA) is 96.6 Å². The molecule has 3 amide bonds. The van der Waals surface area contributed by atoms with Crippen molar-refractivity contribution < 1.29 is 22.8 Å². The highest BCUT2D eigenvalue weighted by Crippen LogP contribution is 2.49. The van der Waals surface area contributed by atoms with Crippen LogP contribution in [0.3, 0.4) is 0 Å². The van der Waals surface area contributed by atoms with E-state index in [1.165, 1.54) is 9.47 Å². The Labute approximate surface area is 233 Å². The van der Waals surface area contributed by atoms with Gasteiger partial charge in [0.15, 0.2) is 0 Å². The fourth-order valence-corrected chi connectivity index (χ4v) is 6.00. The van der Waals surface area contributed by atoms with Crippen molar-refractivity contribution in [1.29, 1.82) is 0 Å². The van der Waals surface area contributed by atoms with Gasteiger partial charge < -0.3 is 15.1 Å². The fourth-order valence-electron chi connectivity index (χ4n) is 6.00. The second-order valence-corrected chi connectivity index (χ2v) is 11.4. The van der Waals surface area contributed by atoms with Gasteiger partial charge in [0.2, 0.25) is 0 Å². The lowest BCUT2D eigenvalue weighted by atomic mass is 10.0. The highest BCUT2D eigenvalue weighted by molar-refractivity contribution is 5.98. The first kappa shape index (κ1) is 27.1. The summed E-state index contributed by atoms with van der Waals surface area (Å²) in [4.78, 5) is 55.8. The van der Waals surface area contributed by atoms with Gasteiger partial charge in [-0.25, -0.2) is 22.8 Å². The molecule has 3 heterocycles.